The quantitative estimate of drug-likeness (QED) is 0.730. The van der Waals surface area contributed by atoms with Crippen LogP contribution in [0.2, 0.25) is 10.3 Å². The molecule has 0 saturated heterocycles. The number of hydrogen-bond donors (Lipinski definition) is 0. The Bertz CT molecular complexity index is 411. The molecule has 0 aliphatic carbocycles. The lowest BCUT2D eigenvalue weighted by Crippen LogP contribution is -1.95. The fourth-order valence-electron chi connectivity index (χ4n) is 1.02. The Morgan fingerprint density at radius 2 is 1.77 bits per heavy atom. The predicted octanol–water partition coefficient (Wildman–Crippen LogP) is 2.57. The molecule has 2 rings (SSSR count). The highest BCUT2D eigenvalue weighted by Crippen LogP contribution is 2.19. The van der Waals surface area contributed by atoms with Gasteiger partial charge in [-0.2, -0.15) is 0 Å². The molecule has 0 fully saturated rings. The summed E-state index contributed by atoms with van der Waals surface area (Å²) in [6, 6.07) is 5.45. The molecule has 13 heavy (non-hydrogen) atoms. The van der Waals surface area contributed by atoms with Gasteiger partial charge in [0.05, 0.1) is 5.69 Å². The molecule has 0 saturated carbocycles. The largest absolute Gasteiger partial charge is 0.321 e. The van der Waals surface area contributed by atoms with E-state index in [9.17, 15) is 0 Å². The molecule has 0 aliphatic rings. The lowest BCUT2D eigenvalue weighted by molar-refractivity contribution is 0.978. The molecule has 0 aromatic carbocycles. The minimum Gasteiger partial charge on any atom is -0.321 e. The van der Waals surface area contributed by atoms with Gasteiger partial charge in [0.15, 0.2) is 10.3 Å². The lowest BCUT2D eigenvalue weighted by Gasteiger charge is -2.03. The van der Waals surface area contributed by atoms with Gasteiger partial charge in [0.25, 0.3) is 0 Å². The van der Waals surface area contributed by atoms with Crippen molar-refractivity contribution in [1.29, 1.82) is 0 Å². The zero-order valence-electron chi connectivity index (χ0n) is 6.48. The molecule has 2 heterocycles. The molecule has 0 bridgehead atoms. The van der Waals surface area contributed by atoms with Crippen molar-refractivity contribution in [3.05, 3.63) is 40.9 Å². The van der Waals surface area contributed by atoms with E-state index in [0.717, 1.165) is 5.69 Å². The zero-order chi connectivity index (χ0) is 9.26. The van der Waals surface area contributed by atoms with E-state index in [0.29, 0.717) is 10.3 Å². The van der Waals surface area contributed by atoms with E-state index in [4.69, 9.17) is 23.2 Å². The summed E-state index contributed by atoms with van der Waals surface area (Å²) in [6.07, 6.45) is 3.72. The fourth-order valence-corrected chi connectivity index (χ4v) is 1.35. The van der Waals surface area contributed by atoms with Crippen molar-refractivity contribution in [1.82, 2.24) is 14.8 Å². The minimum atomic E-state index is 0.327. The van der Waals surface area contributed by atoms with Crippen molar-refractivity contribution >= 4 is 23.2 Å². The molecule has 0 radical (unpaired) electrons. The van der Waals surface area contributed by atoms with Crippen LogP contribution in [0.1, 0.15) is 0 Å². The maximum Gasteiger partial charge on any atom is 0.175 e. The van der Waals surface area contributed by atoms with E-state index >= 15 is 0 Å². The van der Waals surface area contributed by atoms with Gasteiger partial charge in [-0.1, -0.05) is 23.2 Å². The molecule has 5 heteroatoms. The second kappa shape index (κ2) is 3.36. The Morgan fingerprint density at radius 3 is 2.46 bits per heavy atom. The SMILES string of the molecule is Clc1cc(-n2cccc2)c(Cl)nn1. The van der Waals surface area contributed by atoms with Crippen molar-refractivity contribution < 1.29 is 0 Å². The standard InChI is InChI=1S/C8H5Cl2N3/c9-7-5-6(8(10)12-11-7)13-3-1-2-4-13/h1-5H. The summed E-state index contributed by atoms with van der Waals surface area (Å²) in [5.74, 6) is 0. The second-order valence-corrected chi connectivity index (χ2v) is 3.18. The van der Waals surface area contributed by atoms with E-state index in [2.05, 4.69) is 10.2 Å². The zero-order valence-corrected chi connectivity index (χ0v) is 8.00. The maximum atomic E-state index is 5.83. The number of nitrogens with zero attached hydrogens (tertiary/aromatic N) is 3. The number of halogens is 2. The topological polar surface area (TPSA) is 30.7 Å². The summed E-state index contributed by atoms with van der Waals surface area (Å²) in [6.45, 7) is 0. The third-order valence-electron chi connectivity index (χ3n) is 1.58. The Kier molecular flexibility index (Phi) is 2.20. The molecule has 0 aliphatic heterocycles. The smallest absolute Gasteiger partial charge is 0.175 e. The minimum absolute atomic E-state index is 0.327. The van der Waals surface area contributed by atoms with Crippen LogP contribution < -0.4 is 0 Å². The van der Waals surface area contributed by atoms with Crippen LogP contribution in [0.5, 0.6) is 0 Å². The summed E-state index contributed by atoms with van der Waals surface area (Å²) in [4.78, 5) is 0. The molecule has 66 valence electrons. The van der Waals surface area contributed by atoms with Gasteiger partial charge in [0.2, 0.25) is 0 Å². The highest BCUT2D eigenvalue weighted by molar-refractivity contribution is 6.32. The fraction of sp³-hybridized carbons (Fsp3) is 0. The van der Waals surface area contributed by atoms with Gasteiger partial charge in [0, 0.05) is 18.5 Å². The van der Waals surface area contributed by atoms with E-state index < -0.39 is 0 Å². The third-order valence-corrected chi connectivity index (χ3v) is 2.04. The lowest BCUT2D eigenvalue weighted by atomic mass is 10.5. The van der Waals surface area contributed by atoms with Crippen molar-refractivity contribution in [3.8, 4) is 5.69 Å². The monoisotopic (exact) mass is 213 g/mol. The molecule has 2 aromatic heterocycles. The van der Waals surface area contributed by atoms with Gasteiger partial charge in [-0.25, -0.2) is 0 Å². The van der Waals surface area contributed by atoms with Gasteiger partial charge in [-0.3, -0.25) is 0 Å². The molecule has 0 N–H and O–H groups in total. The van der Waals surface area contributed by atoms with Crippen molar-refractivity contribution in [2.75, 3.05) is 0 Å². The predicted molar refractivity (Wildman–Crippen MR) is 51.4 cm³/mol. The van der Waals surface area contributed by atoms with Crippen LogP contribution in [0.3, 0.4) is 0 Å². The highest BCUT2D eigenvalue weighted by Gasteiger charge is 2.04. The molecule has 0 amide bonds. The van der Waals surface area contributed by atoms with Gasteiger partial charge in [-0.05, 0) is 12.1 Å². The first kappa shape index (κ1) is 8.53. The van der Waals surface area contributed by atoms with Crippen LogP contribution in [0, 0.1) is 0 Å². The van der Waals surface area contributed by atoms with Crippen LogP contribution in [0.4, 0.5) is 0 Å². The van der Waals surface area contributed by atoms with Crippen LogP contribution in [-0.4, -0.2) is 14.8 Å². The number of hydrogen-bond acceptors (Lipinski definition) is 2. The average molecular weight is 214 g/mol. The maximum absolute atomic E-state index is 5.83. The van der Waals surface area contributed by atoms with Crippen LogP contribution in [0.25, 0.3) is 5.69 Å². The first-order valence-electron chi connectivity index (χ1n) is 3.59. The van der Waals surface area contributed by atoms with Crippen LogP contribution in [0.15, 0.2) is 30.6 Å². The summed E-state index contributed by atoms with van der Waals surface area (Å²) >= 11 is 11.5. The van der Waals surface area contributed by atoms with Gasteiger partial charge < -0.3 is 4.57 Å². The Balaban J connectivity index is 2.57. The number of aromatic nitrogens is 3. The Hall–Kier alpha value is -1.06. The van der Waals surface area contributed by atoms with Crippen molar-refractivity contribution in [2.45, 2.75) is 0 Å². The molecule has 2 aromatic rings. The van der Waals surface area contributed by atoms with Crippen LogP contribution >= 0.6 is 23.2 Å². The summed E-state index contributed by atoms with van der Waals surface area (Å²) in [5.41, 5.74) is 0.728. The van der Waals surface area contributed by atoms with E-state index in [1.165, 1.54) is 0 Å². The van der Waals surface area contributed by atoms with E-state index in [1.54, 1.807) is 6.07 Å². The van der Waals surface area contributed by atoms with Gasteiger partial charge >= 0.3 is 0 Å². The Labute approximate surface area is 84.9 Å². The molecule has 3 nitrogen and oxygen atoms in total. The van der Waals surface area contributed by atoms with E-state index in [1.807, 2.05) is 29.1 Å². The summed E-state index contributed by atoms with van der Waals surface area (Å²) in [5, 5.41) is 7.98. The third kappa shape index (κ3) is 1.66. The summed E-state index contributed by atoms with van der Waals surface area (Å²) < 4.78 is 1.82. The highest BCUT2D eigenvalue weighted by atomic mass is 35.5. The molecular weight excluding hydrogens is 209 g/mol. The van der Waals surface area contributed by atoms with Crippen molar-refractivity contribution in [2.24, 2.45) is 0 Å². The molecule has 0 spiro atoms. The first-order valence-corrected chi connectivity index (χ1v) is 4.35. The Morgan fingerprint density at radius 1 is 1.08 bits per heavy atom. The normalized spacial score (nSPS) is 10.3. The van der Waals surface area contributed by atoms with Crippen molar-refractivity contribution in [3.63, 3.8) is 0 Å². The van der Waals surface area contributed by atoms with Gasteiger partial charge in [-0.15, -0.1) is 10.2 Å². The first-order chi connectivity index (χ1) is 6.27. The second-order valence-electron chi connectivity index (χ2n) is 2.43. The number of rotatable bonds is 1. The average Bonchev–Trinajstić information content (AvgIpc) is 2.61. The summed E-state index contributed by atoms with van der Waals surface area (Å²) in [7, 11) is 0. The molecule has 0 unspecified atom stereocenters. The van der Waals surface area contributed by atoms with Crippen LogP contribution in [-0.2, 0) is 0 Å². The molecule has 0 atom stereocenters. The van der Waals surface area contributed by atoms with Gasteiger partial charge in [0.1, 0.15) is 0 Å². The van der Waals surface area contributed by atoms with E-state index in [-0.39, 0.29) is 0 Å². The molecular formula is C8H5Cl2N3.